The van der Waals surface area contributed by atoms with Crippen LogP contribution in [0.3, 0.4) is 0 Å². The number of halogens is 5. The van der Waals surface area contributed by atoms with Crippen molar-refractivity contribution in [3.05, 3.63) is 64.2 Å². The Morgan fingerprint density at radius 2 is 1.78 bits per heavy atom. The van der Waals surface area contributed by atoms with Crippen LogP contribution in [0.5, 0.6) is 5.75 Å². The Balaban J connectivity index is 1.48. The van der Waals surface area contributed by atoms with Crippen LogP contribution >= 0.6 is 0 Å². The number of fused-ring (bicyclic) bond motifs is 1. The Morgan fingerprint density at radius 3 is 2.43 bits per heavy atom. The van der Waals surface area contributed by atoms with E-state index in [0.717, 1.165) is 13.2 Å². The average molecular weight is 524 g/mol. The van der Waals surface area contributed by atoms with Crippen molar-refractivity contribution in [2.24, 2.45) is 0 Å². The van der Waals surface area contributed by atoms with Gasteiger partial charge in [-0.3, -0.25) is 24.5 Å². The van der Waals surface area contributed by atoms with Crippen LogP contribution in [-0.2, 0) is 39.4 Å². The van der Waals surface area contributed by atoms with E-state index < -0.39 is 59.2 Å². The summed E-state index contributed by atoms with van der Waals surface area (Å²) in [5.41, 5.74) is -1.87. The molecule has 1 fully saturated rings. The lowest BCUT2D eigenvalue weighted by Gasteiger charge is -2.29. The number of amides is 3. The second-order valence-electron chi connectivity index (χ2n) is 8.80. The van der Waals surface area contributed by atoms with Crippen LogP contribution < -0.4 is 10.1 Å². The molecule has 0 bridgehead atoms. The average Bonchev–Trinajstić information content (AvgIpc) is 3.16. The van der Waals surface area contributed by atoms with Crippen LogP contribution in [0.2, 0.25) is 0 Å². The molecule has 4 rings (SSSR count). The fraction of sp³-hybridized carbons (Fsp3) is 0.360. The number of hydrogen-bond acceptors (Lipinski definition) is 5. The number of carbonyl (C=O) groups excluding carboxylic acids is 4. The normalized spacial score (nSPS) is 18.1. The van der Waals surface area contributed by atoms with Gasteiger partial charge in [-0.05, 0) is 48.2 Å². The highest BCUT2D eigenvalue weighted by molar-refractivity contribution is 6.05. The monoisotopic (exact) mass is 524 g/mol. The fourth-order valence-corrected chi connectivity index (χ4v) is 4.51. The molecule has 0 saturated carbocycles. The number of aryl methyl sites for hydroxylation is 1. The first kappa shape index (κ1) is 26.2. The molecule has 2 aromatic carbocycles. The van der Waals surface area contributed by atoms with Crippen molar-refractivity contribution in [1.82, 2.24) is 10.2 Å². The molecule has 1 atom stereocenters. The van der Waals surface area contributed by atoms with Gasteiger partial charge in [0.2, 0.25) is 17.6 Å². The summed E-state index contributed by atoms with van der Waals surface area (Å²) in [6.07, 6.45) is -5.82. The minimum absolute atomic E-state index is 0.0547. The quantitative estimate of drug-likeness (QED) is 0.440. The number of benzene rings is 2. The SMILES string of the molecule is COc1ccc(C(F)(F)C(=O)CCc2ccc3c(c2)CN(C2CCC(=O)NC2=O)C3=O)c(C(F)(F)F)c1. The predicted octanol–water partition coefficient (Wildman–Crippen LogP) is 3.77. The maximum atomic E-state index is 14.9. The van der Waals surface area contributed by atoms with Gasteiger partial charge in [-0.2, -0.15) is 22.0 Å². The van der Waals surface area contributed by atoms with Gasteiger partial charge < -0.3 is 9.64 Å². The van der Waals surface area contributed by atoms with E-state index in [0.29, 0.717) is 28.8 Å². The van der Waals surface area contributed by atoms with Gasteiger partial charge in [0, 0.05) is 30.5 Å². The van der Waals surface area contributed by atoms with Gasteiger partial charge in [-0.15, -0.1) is 0 Å². The predicted molar refractivity (Wildman–Crippen MR) is 118 cm³/mol. The summed E-state index contributed by atoms with van der Waals surface area (Å²) in [5.74, 6) is -7.79. The van der Waals surface area contributed by atoms with Crippen molar-refractivity contribution in [1.29, 1.82) is 0 Å². The van der Waals surface area contributed by atoms with Crippen LogP contribution in [0, 0.1) is 0 Å². The van der Waals surface area contributed by atoms with Gasteiger partial charge in [0.1, 0.15) is 11.8 Å². The van der Waals surface area contributed by atoms with Gasteiger partial charge in [0.15, 0.2) is 0 Å². The third-order valence-corrected chi connectivity index (χ3v) is 6.45. The van der Waals surface area contributed by atoms with Crippen molar-refractivity contribution in [2.75, 3.05) is 7.11 Å². The van der Waals surface area contributed by atoms with E-state index in [9.17, 15) is 41.1 Å². The first-order chi connectivity index (χ1) is 17.3. The minimum Gasteiger partial charge on any atom is -0.497 e. The summed E-state index contributed by atoms with van der Waals surface area (Å²) in [6.45, 7) is 0.0547. The smallest absolute Gasteiger partial charge is 0.417 e. The van der Waals surface area contributed by atoms with Crippen molar-refractivity contribution in [2.45, 2.75) is 50.4 Å². The number of alkyl halides is 5. The lowest BCUT2D eigenvalue weighted by molar-refractivity contribution is -0.151. The van der Waals surface area contributed by atoms with Gasteiger partial charge >= 0.3 is 12.1 Å². The van der Waals surface area contributed by atoms with Crippen LogP contribution in [0.4, 0.5) is 22.0 Å². The lowest BCUT2D eigenvalue weighted by atomic mass is 9.94. The molecule has 3 amide bonds. The zero-order valence-corrected chi connectivity index (χ0v) is 19.5. The summed E-state index contributed by atoms with van der Waals surface area (Å²) < 4.78 is 74.6. The molecular weight excluding hydrogens is 503 g/mol. The molecule has 2 aromatic rings. The number of rotatable bonds is 7. The van der Waals surface area contributed by atoms with E-state index in [1.54, 1.807) is 6.07 Å². The Kier molecular flexibility index (Phi) is 6.78. The molecule has 196 valence electrons. The molecule has 0 spiro atoms. The zero-order valence-electron chi connectivity index (χ0n) is 19.5. The van der Waals surface area contributed by atoms with Crippen LogP contribution in [0.15, 0.2) is 36.4 Å². The molecule has 37 heavy (non-hydrogen) atoms. The van der Waals surface area contributed by atoms with Gasteiger partial charge in [0.05, 0.1) is 12.7 Å². The highest BCUT2D eigenvalue weighted by Crippen LogP contribution is 2.42. The van der Waals surface area contributed by atoms with E-state index in [2.05, 4.69) is 5.32 Å². The molecule has 2 heterocycles. The molecule has 0 aliphatic carbocycles. The number of ether oxygens (including phenoxy) is 1. The summed E-state index contributed by atoms with van der Waals surface area (Å²) >= 11 is 0. The molecule has 7 nitrogen and oxygen atoms in total. The fourth-order valence-electron chi connectivity index (χ4n) is 4.51. The van der Waals surface area contributed by atoms with Gasteiger partial charge in [-0.25, -0.2) is 0 Å². The van der Waals surface area contributed by atoms with Gasteiger partial charge in [0.25, 0.3) is 5.91 Å². The number of ketones is 1. The van der Waals surface area contributed by atoms with E-state index in [1.807, 2.05) is 0 Å². The lowest BCUT2D eigenvalue weighted by Crippen LogP contribution is -2.52. The van der Waals surface area contributed by atoms with E-state index in [1.165, 1.54) is 17.0 Å². The molecular formula is C25H21F5N2O5. The standard InChI is InChI=1S/C25H21F5N2O5/c1-37-15-4-6-17(18(11-15)25(28,29)30)24(26,27)20(33)8-3-13-2-5-16-14(10-13)12-32(23(16)36)19-7-9-21(34)31-22(19)35/h2,4-6,10-11,19H,3,7-9,12H2,1H3,(H,31,34,35). The maximum absolute atomic E-state index is 14.9. The van der Waals surface area contributed by atoms with Crippen LogP contribution in [0.25, 0.3) is 0 Å². The van der Waals surface area contributed by atoms with Crippen LogP contribution in [0.1, 0.15) is 51.9 Å². The minimum atomic E-state index is -5.13. The number of nitrogens with one attached hydrogen (secondary N) is 1. The molecule has 1 saturated heterocycles. The van der Waals surface area contributed by atoms with E-state index in [4.69, 9.17) is 4.74 Å². The Morgan fingerprint density at radius 1 is 1.05 bits per heavy atom. The first-order valence-electron chi connectivity index (χ1n) is 11.3. The topological polar surface area (TPSA) is 92.8 Å². The third kappa shape index (κ3) is 5.05. The molecule has 2 aliphatic rings. The molecule has 12 heteroatoms. The number of methoxy groups -OCH3 is 1. The summed E-state index contributed by atoms with van der Waals surface area (Å²) in [6, 6.07) is 5.51. The second-order valence-corrected chi connectivity index (χ2v) is 8.80. The van der Waals surface area contributed by atoms with E-state index in [-0.39, 0.29) is 31.6 Å². The summed E-state index contributed by atoms with van der Waals surface area (Å²) in [4.78, 5) is 50.0. The second kappa shape index (κ2) is 9.56. The number of carbonyl (C=O) groups is 4. The highest BCUT2D eigenvalue weighted by atomic mass is 19.4. The van der Waals surface area contributed by atoms with Crippen molar-refractivity contribution in [3.63, 3.8) is 0 Å². The van der Waals surface area contributed by atoms with Crippen molar-refractivity contribution < 1.29 is 45.9 Å². The summed E-state index contributed by atoms with van der Waals surface area (Å²) in [7, 11) is 1.09. The first-order valence-corrected chi connectivity index (χ1v) is 11.3. The summed E-state index contributed by atoms with van der Waals surface area (Å²) in [5, 5.41) is 2.19. The van der Waals surface area contributed by atoms with E-state index >= 15 is 0 Å². The van der Waals surface area contributed by atoms with Gasteiger partial charge in [-0.1, -0.05) is 12.1 Å². The van der Waals surface area contributed by atoms with Crippen molar-refractivity contribution in [3.8, 4) is 5.75 Å². The molecule has 1 unspecified atom stereocenters. The van der Waals surface area contributed by atoms with Crippen molar-refractivity contribution >= 4 is 23.5 Å². The highest BCUT2D eigenvalue weighted by Gasteiger charge is 2.47. The number of piperidine rings is 1. The Hall–Kier alpha value is -3.83. The Bertz CT molecular complexity index is 1290. The number of nitrogens with zero attached hydrogens (tertiary/aromatic N) is 1. The number of Topliss-reactive ketones (excluding diaryl/α,β-unsaturated/α-hetero) is 1. The number of hydrogen-bond donors (Lipinski definition) is 1. The molecule has 0 radical (unpaired) electrons. The molecule has 0 aromatic heterocycles. The molecule has 2 aliphatic heterocycles. The van der Waals surface area contributed by atoms with Crippen LogP contribution in [-0.4, -0.2) is 41.6 Å². The molecule has 1 N–H and O–H groups in total. The maximum Gasteiger partial charge on any atom is 0.417 e. The largest absolute Gasteiger partial charge is 0.497 e. The number of imide groups is 1. The zero-order chi connectivity index (χ0) is 27.1. The Labute approximate surface area is 207 Å². The third-order valence-electron chi connectivity index (χ3n) is 6.45.